The zero-order valence-electron chi connectivity index (χ0n) is 19.2. The number of nitrogens with one attached hydrogen (secondary N) is 5. The van der Waals surface area contributed by atoms with Gasteiger partial charge in [0.2, 0.25) is 17.7 Å². The number of carbonyl (C=O) groups excluding carboxylic acids is 3. The average molecular weight is 481 g/mol. The van der Waals surface area contributed by atoms with Gasteiger partial charge in [-0.2, -0.15) is 0 Å². The van der Waals surface area contributed by atoms with E-state index in [0.29, 0.717) is 18.7 Å². The van der Waals surface area contributed by atoms with Crippen molar-refractivity contribution in [3.8, 4) is 0 Å². The molecule has 13 nitrogen and oxygen atoms in total. The topological polar surface area (TPSA) is 203 Å². The van der Waals surface area contributed by atoms with Crippen molar-refractivity contribution in [3.05, 3.63) is 18.2 Å². The van der Waals surface area contributed by atoms with Gasteiger partial charge < -0.3 is 36.5 Å². The van der Waals surface area contributed by atoms with Gasteiger partial charge in [0.25, 0.3) is 0 Å². The quantitative estimate of drug-likeness (QED) is 0.180. The van der Waals surface area contributed by atoms with Crippen LogP contribution < -0.4 is 21.3 Å². The van der Waals surface area contributed by atoms with Gasteiger partial charge in [0, 0.05) is 18.3 Å². The first kappa shape index (κ1) is 26.8. The second-order valence-corrected chi connectivity index (χ2v) is 8.68. The van der Waals surface area contributed by atoms with Crippen molar-refractivity contribution in [3.63, 3.8) is 0 Å². The van der Waals surface area contributed by atoms with Crippen LogP contribution in [-0.2, 0) is 30.4 Å². The van der Waals surface area contributed by atoms with E-state index >= 15 is 0 Å². The smallest absolute Gasteiger partial charge is 0.326 e. The number of hydrogen-bond acceptors (Lipinski definition) is 7. The summed E-state index contributed by atoms with van der Waals surface area (Å²) >= 11 is 0. The van der Waals surface area contributed by atoms with Crippen LogP contribution in [0.3, 0.4) is 0 Å². The summed E-state index contributed by atoms with van der Waals surface area (Å²) in [6, 6.07) is -4.22. The number of carbonyl (C=O) groups is 5. The monoisotopic (exact) mass is 480 g/mol. The lowest BCUT2D eigenvalue weighted by Gasteiger charge is -2.25. The SMILES string of the molecule is CC(C)CC(NC(=O)C(Cc1cnc[nH]1)NC(=O)C1CCCN1)C(=O)NC(CC(=O)O)C(=O)O. The lowest BCUT2D eigenvalue weighted by atomic mass is 10.0. The summed E-state index contributed by atoms with van der Waals surface area (Å²) < 4.78 is 0. The molecule has 3 amide bonds. The Bertz CT molecular complexity index is 867. The first-order valence-corrected chi connectivity index (χ1v) is 11.1. The van der Waals surface area contributed by atoms with E-state index in [-0.39, 0.29) is 24.7 Å². The number of aromatic nitrogens is 2. The van der Waals surface area contributed by atoms with Gasteiger partial charge in [0.15, 0.2) is 0 Å². The minimum Gasteiger partial charge on any atom is -0.481 e. The van der Waals surface area contributed by atoms with Crippen LogP contribution in [0.1, 0.15) is 45.2 Å². The lowest BCUT2D eigenvalue weighted by Crippen LogP contribution is -2.58. The predicted molar refractivity (Wildman–Crippen MR) is 118 cm³/mol. The van der Waals surface area contributed by atoms with Gasteiger partial charge in [-0.25, -0.2) is 9.78 Å². The maximum atomic E-state index is 13.1. The molecule has 1 aromatic rings. The molecule has 0 spiro atoms. The predicted octanol–water partition coefficient (Wildman–Crippen LogP) is -1.24. The Labute approximate surface area is 196 Å². The first-order chi connectivity index (χ1) is 16.1. The van der Waals surface area contributed by atoms with Crippen molar-refractivity contribution in [2.75, 3.05) is 6.54 Å². The molecule has 1 aromatic heterocycles. The number of nitrogens with zero attached hydrogens (tertiary/aromatic N) is 1. The second kappa shape index (κ2) is 12.7. The molecule has 1 aliphatic rings. The molecule has 1 fully saturated rings. The number of rotatable bonds is 13. The van der Waals surface area contributed by atoms with Crippen molar-refractivity contribution in [1.82, 2.24) is 31.2 Å². The Morgan fingerprint density at radius 1 is 1.06 bits per heavy atom. The number of H-pyrrole nitrogens is 1. The highest BCUT2D eigenvalue weighted by atomic mass is 16.4. The van der Waals surface area contributed by atoms with Crippen LogP contribution in [0.4, 0.5) is 0 Å². The normalized spacial score (nSPS) is 18.0. The van der Waals surface area contributed by atoms with E-state index in [9.17, 15) is 29.1 Å². The molecule has 13 heteroatoms. The van der Waals surface area contributed by atoms with E-state index in [1.54, 1.807) is 0 Å². The fourth-order valence-electron chi connectivity index (χ4n) is 3.63. The summed E-state index contributed by atoms with van der Waals surface area (Å²) in [5, 5.41) is 28.7. The highest BCUT2D eigenvalue weighted by Crippen LogP contribution is 2.09. The van der Waals surface area contributed by atoms with E-state index in [1.165, 1.54) is 12.5 Å². The lowest BCUT2D eigenvalue weighted by molar-refractivity contribution is -0.147. The van der Waals surface area contributed by atoms with Crippen molar-refractivity contribution in [2.45, 2.75) is 70.1 Å². The molecule has 4 unspecified atom stereocenters. The average Bonchev–Trinajstić information content (AvgIpc) is 3.45. The molecule has 7 N–H and O–H groups in total. The molecule has 2 rings (SSSR count). The van der Waals surface area contributed by atoms with E-state index in [1.807, 2.05) is 13.8 Å². The van der Waals surface area contributed by atoms with Crippen molar-refractivity contribution in [2.24, 2.45) is 5.92 Å². The number of carboxylic acid groups (broad SMARTS) is 2. The number of carboxylic acids is 2. The molecular formula is C21H32N6O7. The van der Waals surface area contributed by atoms with Crippen LogP contribution in [0.5, 0.6) is 0 Å². The van der Waals surface area contributed by atoms with Crippen LogP contribution >= 0.6 is 0 Å². The molecule has 4 atom stereocenters. The molecule has 34 heavy (non-hydrogen) atoms. The Morgan fingerprint density at radius 3 is 2.26 bits per heavy atom. The Kier molecular flexibility index (Phi) is 9.98. The number of hydrogen-bond donors (Lipinski definition) is 7. The van der Waals surface area contributed by atoms with E-state index in [4.69, 9.17) is 5.11 Å². The third kappa shape index (κ3) is 8.46. The minimum atomic E-state index is -1.65. The molecule has 0 aliphatic carbocycles. The molecule has 2 heterocycles. The summed E-state index contributed by atoms with van der Waals surface area (Å²) in [7, 11) is 0. The number of aliphatic carboxylic acids is 2. The van der Waals surface area contributed by atoms with Gasteiger partial charge in [0.1, 0.15) is 18.1 Å². The Balaban J connectivity index is 2.15. The maximum absolute atomic E-state index is 13.1. The third-order valence-corrected chi connectivity index (χ3v) is 5.32. The second-order valence-electron chi connectivity index (χ2n) is 8.68. The first-order valence-electron chi connectivity index (χ1n) is 11.1. The Morgan fingerprint density at radius 2 is 1.74 bits per heavy atom. The van der Waals surface area contributed by atoms with Gasteiger partial charge in [-0.3, -0.25) is 19.2 Å². The third-order valence-electron chi connectivity index (χ3n) is 5.32. The standard InChI is InChI=1S/C21H32N6O7/c1-11(2)6-14(19(31)27-16(21(33)34)8-17(28)29)25-20(32)15(7-12-9-22-10-24-12)26-18(30)13-4-3-5-23-13/h9-11,13-16,23H,3-8H2,1-2H3,(H,22,24)(H,25,32)(H,26,30)(H,27,31)(H,28,29)(H,33,34). The molecule has 0 aromatic carbocycles. The van der Waals surface area contributed by atoms with E-state index in [2.05, 4.69) is 31.2 Å². The molecule has 0 bridgehead atoms. The van der Waals surface area contributed by atoms with Gasteiger partial charge in [-0.1, -0.05) is 13.8 Å². The van der Waals surface area contributed by atoms with Crippen LogP contribution in [0, 0.1) is 5.92 Å². The highest BCUT2D eigenvalue weighted by Gasteiger charge is 2.32. The Hall–Kier alpha value is -3.48. The summed E-state index contributed by atoms with van der Waals surface area (Å²) in [6.07, 6.45) is 3.89. The fraction of sp³-hybridized carbons (Fsp3) is 0.619. The summed E-state index contributed by atoms with van der Waals surface area (Å²) in [6.45, 7) is 4.33. The van der Waals surface area contributed by atoms with Crippen LogP contribution in [0.15, 0.2) is 12.5 Å². The van der Waals surface area contributed by atoms with Crippen molar-refractivity contribution >= 4 is 29.7 Å². The summed E-state index contributed by atoms with van der Waals surface area (Å²) in [5.41, 5.74) is 0.595. The highest BCUT2D eigenvalue weighted by molar-refractivity contribution is 5.94. The molecule has 0 saturated carbocycles. The van der Waals surface area contributed by atoms with Gasteiger partial charge in [-0.05, 0) is 31.7 Å². The summed E-state index contributed by atoms with van der Waals surface area (Å²) in [5.74, 6) is -4.73. The van der Waals surface area contributed by atoms with Gasteiger partial charge in [-0.15, -0.1) is 0 Å². The zero-order chi connectivity index (χ0) is 25.3. The zero-order valence-corrected chi connectivity index (χ0v) is 19.2. The molecule has 1 aliphatic heterocycles. The van der Waals surface area contributed by atoms with Crippen LogP contribution in [-0.4, -0.2) is 80.6 Å². The molecule has 1 saturated heterocycles. The minimum absolute atomic E-state index is 0.0536. The van der Waals surface area contributed by atoms with Crippen molar-refractivity contribution in [1.29, 1.82) is 0 Å². The fourth-order valence-corrected chi connectivity index (χ4v) is 3.63. The largest absolute Gasteiger partial charge is 0.481 e. The van der Waals surface area contributed by atoms with Gasteiger partial charge in [0.05, 0.1) is 18.8 Å². The molecule has 188 valence electrons. The maximum Gasteiger partial charge on any atom is 0.326 e. The van der Waals surface area contributed by atoms with Crippen LogP contribution in [0.2, 0.25) is 0 Å². The number of aromatic amines is 1. The number of imidazole rings is 1. The molecule has 0 radical (unpaired) electrons. The van der Waals surface area contributed by atoms with Gasteiger partial charge >= 0.3 is 11.9 Å². The molecular weight excluding hydrogens is 448 g/mol. The summed E-state index contributed by atoms with van der Waals surface area (Å²) in [4.78, 5) is 67.6. The number of amides is 3. The van der Waals surface area contributed by atoms with Crippen molar-refractivity contribution < 1.29 is 34.2 Å². The van der Waals surface area contributed by atoms with E-state index in [0.717, 1.165) is 6.42 Å². The van der Waals surface area contributed by atoms with E-state index < -0.39 is 54.3 Å². The van der Waals surface area contributed by atoms with Crippen LogP contribution in [0.25, 0.3) is 0 Å².